The minimum Gasteiger partial charge on any atom is -0.387 e. The third-order valence-electron chi connectivity index (χ3n) is 2.60. The van der Waals surface area contributed by atoms with E-state index in [0.29, 0.717) is 0 Å². The second-order valence-corrected chi connectivity index (χ2v) is 3.74. The molecule has 0 aliphatic heterocycles. The van der Waals surface area contributed by atoms with Crippen LogP contribution < -0.4 is 5.73 Å². The number of hydrogen-bond donors (Lipinski definition) is 2. The molecule has 1 atom stereocenters. The van der Waals surface area contributed by atoms with Gasteiger partial charge in [0.25, 0.3) is 0 Å². The highest BCUT2D eigenvalue weighted by Crippen LogP contribution is 2.22. The van der Waals surface area contributed by atoms with Gasteiger partial charge in [-0.25, -0.2) is 0 Å². The summed E-state index contributed by atoms with van der Waals surface area (Å²) >= 11 is 0. The van der Waals surface area contributed by atoms with Crippen LogP contribution in [-0.2, 0) is 0 Å². The van der Waals surface area contributed by atoms with Crippen LogP contribution in [0.4, 0.5) is 0 Å². The van der Waals surface area contributed by atoms with E-state index in [1.165, 1.54) is 0 Å². The number of aliphatic hydroxyl groups is 1. The summed E-state index contributed by atoms with van der Waals surface area (Å²) < 4.78 is 0. The zero-order chi connectivity index (χ0) is 11.4. The molecule has 0 saturated carbocycles. The fourth-order valence-electron chi connectivity index (χ4n) is 1.69. The van der Waals surface area contributed by atoms with E-state index in [2.05, 4.69) is 0 Å². The topological polar surface area (TPSA) is 46.2 Å². The summed E-state index contributed by atoms with van der Waals surface area (Å²) in [6, 6.07) is 17.9. The first kappa shape index (κ1) is 10.9. The minimum atomic E-state index is -0.580. The molecule has 2 aromatic carbocycles. The molecule has 0 bridgehead atoms. The van der Waals surface area contributed by atoms with Gasteiger partial charge in [0.15, 0.2) is 0 Å². The quantitative estimate of drug-likeness (QED) is 0.822. The third kappa shape index (κ3) is 2.30. The molecule has 0 aliphatic carbocycles. The summed E-state index contributed by atoms with van der Waals surface area (Å²) in [7, 11) is 0. The van der Waals surface area contributed by atoms with Crippen molar-refractivity contribution in [1.82, 2.24) is 0 Å². The third-order valence-corrected chi connectivity index (χ3v) is 2.60. The molecule has 0 heterocycles. The average Bonchev–Trinajstić information content (AvgIpc) is 2.39. The van der Waals surface area contributed by atoms with Gasteiger partial charge >= 0.3 is 0 Å². The first-order chi connectivity index (χ1) is 7.81. The summed E-state index contributed by atoms with van der Waals surface area (Å²) in [5.41, 5.74) is 8.56. The van der Waals surface area contributed by atoms with Crippen LogP contribution in [-0.4, -0.2) is 11.7 Å². The maximum absolute atomic E-state index is 9.68. The van der Waals surface area contributed by atoms with Gasteiger partial charge in [-0.1, -0.05) is 48.5 Å². The largest absolute Gasteiger partial charge is 0.387 e. The Morgan fingerprint density at radius 2 is 1.62 bits per heavy atom. The van der Waals surface area contributed by atoms with Crippen molar-refractivity contribution < 1.29 is 5.11 Å². The molecule has 0 spiro atoms. The van der Waals surface area contributed by atoms with Gasteiger partial charge in [-0.3, -0.25) is 0 Å². The lowest BCUT2D eigenvalue weighted by Gasteiger charge is -2.09. The zero-order valence-corrected chi connectivity index (χ0v) is 9.01. The second kappa shape index (κ2) is 4.92. The summed E-state index contributed by atoms with van der Waals surface area (Å²) in [6.45, 7) is 0.248. The molecule has 0 aliphatic rings. The lowest BCUT2D eigenvalue weighted by Crippen LogP contribution is -2.11. The molecule has 82 valence electrons. The Morgan fingerprint density at radius 1 is 0.938 bits per heavy atom. The number of nitrogens with two attached hydrogens (primary N) is 1. The molecule has 0 radical (unpaired) electrons. The Balaban J connectivity index is 2.36. The number of hydrogen-bond acceptors (Lipinski definition) is 2. The van der Waals surface area contributed by atoms with Gasteiger partial charge in [-0.2, -0.15) is 0 Å². The predicted octanol–water partition coefficient (Wildman–Crippen LogP) is 2.35. The Labute approximate surface area is 95.4 Å². The van der Waals surface area contributed by atoms with Gasteiger partial charge in [0.1, 0.15) is 0 Å². The van der Waals surface area contributed by atoms with Gasteiger partial charge in [0.05, 0.1) is 6.10 Å². The van der Waals surface area contributed by atoms with Crippen LogP contribution in [0, 0.1) is 0 Å². The Morgan fingerprint density at radius 3 is 2.31 bits per heavy atom. The molecular weight excluding hydrogens is 198 g/mol. The van der Waals surface area contributed by atoms with E-state index >= 15 is 0 Å². The fraction of sp³-hybridized carbons (Fsp3) is 0.143. The molecule has 2 nitrogen and oxygen atoms in total. The van der Waals surface area contributed by atoms with Crippen molar-refractivity contribution in [2.24, 2.45) is 5.73 Å². The van der Waals surface area contributed by atoms with Crippen LogP contribution in [0.2, 0.25) is 0 Å². The first-order valence-electron chi connectivity index (χ1n) is 5.35. The first-order valence-corrected chi connectivity index (χ1v) is 5.35. The van der Waals surface area contributed by atoms with Crippen molar-refractivity contribution in [2.45, 2.75) is 6.10 Å². The van der Waals surface area contributed by atoms with Crippen LogP contribution in [0.25, 0.3) is 11.1 Å². The number of aliphatic hydroxyl groups excluding tert-OH is 1. The number of benzene rings is 2. The highest BCUT2D eigenvalue weighted by atomic mass is 16.3. The van der Waals surface area contributed by atoms with Gasteiger partial charge in [-0.05, 0) is 22.8 Å². The summed E-state index contributed by atoms with van der Waals surface area (Å²) in [4.78, 5) is 0. The van der Waals surface area contributed by atoms with Crippen LogP contribution in [0.3, 0.4) is 0 Å². The minimum absolute atomic E-state index is 0.248. The lowest BCUT2D eigenvalue weighted by atomic mass is 10.0. The summed E-state index contributed by atoms with van der Waals surface area (Å²) in [6.07, 6.45) is -0.580. The van der Waals surface area contributed by atoms with Crippen molar-refractivity contribution in [2.75, 3.05) is 6.54 Å². The van der Waals surface area contributed by atoms with Crippen molar-refractivity contribution >= 4 is 0 Å². The van der Waals surface area contributed by atoms with Gasteiger partial charge in [-0.15, -0.1) is 0 Å². The van der Waals surface area contributed by atoms with E-state index < -0.39 is 6.10 Å². The summed E-state index contributed by atoms with van der Waals surface area (Å²) in [5.74, 6) is 0. The Bertz CT molecular complexity index is 453. The van der Waals surface area contributed by atoms with E-state index in [9.17, 15) is 5.11 Å². The average molecular weight is 213 g/mol. The molecule has 2 rings (SSSR count). The van der Waals surface area contributed by atoms with Crippen LogP contribution in [0.5, 0.6) is 0 Å². The van der Waals surface area contributed by atoms with E-state index in [4.69, 9.17) is 5.73 Å². The smallest absolute Gasteiger partial charge is 0.0912 e. The molecule has 0 saturated heterocycles. The predicted molar refractivity (Wildman–Crippen MR) is 65.9 cm³/mol. The van der Waals surface area contributed by atoms with Crippen LogP contribution >= 0.6 is 0 Å². The van der Waals surface area contributed by atoms with Gasteiger partial charge in [0.2, 0.25) is 0 Å². The Kier molecular flexibility index (Phi) is 3.34. The second-order valence-electron chi connectivity index (χ2n) is 3.74. The molecule has 3 N–H and O–H groups in total. The molecule has 2 aromatic rings. The van der Waals surface area contributed by atoms with E-state index in [0.717, 1.165) is 16.7 Å². The molecular formula is C14H15NO. The SMILES string of the molecule is NC[C@H](O)c1cccc(-c2ccccc2)c1. The molecule has 0 amide bonds. The highest BCUT2D eigenvalue weighted by molar-refractivity contribution is 5.64. The van der Waals surface area contributed by atoms with Gasteiger partial charge < -0.3 is 10.8 Å². The molecule has 16 heavy (non-hydrogen) atoms. The van der Waals surface area contributed by atoms with E-state index in [-0.39, 0.29) is 6.54 Å². The number of rotatable bonds is 3. The maximum Gasteiger partial charge on any atom is 0.0912 e. The van der Waals surface area contributed by atoms with Crippen LogP contribution in [0.15, 0.2) is 54.6 Å². The fourth-order valence-corrected chi connectivity index (χ4v) is 1.69. The van der Waals surface area contributed by atoms with Gasteiger partial charge in [0, 0.05) is 6.54 Å². The molecule has 2 heteroatoms. The molecule has 0 aromatic heterocycles. The zero-order valence-electron chi connectivity index (χ0n) is 9.01. The maximum atomic E-state index is 9.68. The normalized spacial score (nSPS) is 12.4. The Hall–Kier alpha value is -1.64. The highest BCUT2D eigenvalue weighted by Gasteiger charge is 2.05. The molecule has 0 unspecified atom stereocenters. The molecule has 0 fully saturated rings. The van der Waals surface area contributed by atoms with Crippen molar-refractivity contribution in [3.63, 3.8) is 0 Å². The lowest BCUT2D eigenvalue weighted by molar-refractivity contribution is 0.187. The van der Waals surface area contributed by atoms with E-state index in [1.807, 2.05) is 54.6 Å². The van der Waals surface area contributed by atoms with Crippen molar-refractivity contribution in [3.05, 3.63) is 60.2 Å². The van der Waals surface area contributed by atoms with E-state index in [1.54, 1.807) is 0 Å². The monoisotopic (exact) mass is 213 g/mol. The van der Waals surface area contributed by atoms with Crippen molar-refractivity contribution in [3.8, 4) is 11.1 Å². The van der Waals surface area contributed by atoms with Crippen LogP contribution in [0.1, 0.15) is 11.7 Å². The summed E-state index contributed by atoms with van der Waals surface area (Å²) in [5, 5.41) is 9.68. The standard InChI is InChI=1S/C14H15NO/c15-10-14(16)13-8-4-7-12(9-13)11-5-2-1-3-6-11/h1-9,14,16H,10,15H2/t14-/m0/s1. The van der Waals surface area contributed by atoms with Crippen molar-refractivity contribution in [1.29, 1.82) is 0 Å².